The lowest BCUT2D eigenvalue weighted by atomic mass is 9.91. The highest BCUT2D eigenvalue weighted by Gasteiger charge is 2.24. The van der Waals surface area contributed by atoms with Gasteiger partial charge in [-0.1, -0.05) is 6.07 Å². The number of hydrogen-bond donors (Lipinski definition) is 0. The quantitative estimate of drug-likeness (QED) is 0.283. The number of aryl methyl sites for hydroxylation is 6. The molecule has 0 saturated carbocycles. The van der Waals surface area contributed by atoms with Crippen LogP contribution in [0.2, 0.25) is 0 Å². The first kappa shape index (κ1) is 19.7. The summed E-state index contributed by atoms with van der Waals surface area (Å²) in [5.74, 6) is 1.89. The molecule has 0 atom stereocenters. The Morgan fingerprint density at radius 2 is 1.21 bits per heavy atom. The third-order valence-corrected chi connectivity index (χ3v) is 6.13. The van der Waals surface area contributed by atoms with Crippen molar-refractivity contribution in [2.24, 2.45) is 0 Å². The Balaban J connectivity index is 1.74. The minimum absolute atomic E-state index is 0.608. The molecule has 6 nitrogen and oxygen atoms in total. The summed E-state index contributed by atoms with van der Waals surface area (Å²) in [7, 11) is 0. The molecule has 0 spiro atoms. The molecule has 0 aliphatic carbocycles. The SMILES string of the molecule is Cc1cc(-c2c(C)cc(-c3c(C)ccc4oc(C)nc34)c3oc(C)nc23)c2oc(C)nc2c1. The molecule has 0 unspecified atom stereocenters. The lowest BCUT2D eigenvalue weighted by Gasteiger charge is -2.13. The van der Waals surface area contributed by atoms with Crippen molar-refractivity contribution in [3.63, 3.8) is 0 Å². The van der Waals surface area contributed by atoms with Crippen molar-refractivity contribution in [1.29, 1.82) is 0 Å². The normalized spacial score (nSPS) is 11.9. The molecule has 164 valence electrons. The Labute approximate surface area is 190 Å². The van der Waals surface area contributed by atoms with Crippen LogP contribution in [-0.2, 0) is 0 Å². The summed E-state index contributed by atoms with van der Waals surface area (Å²) >= 11 is 0. The predicted octanol–water partition coefficient (Wildman–Crippen LogP) is 7.29. The Morgan fingerprint density at radius 3 is 2.03 bits per heavy atom. The maximum absolute atomic E-state index is 6.21. The Bertz CT molecular complexity index is 1730. The number of rotatable bonds is 2. The molecule has 0 aliphatic heterocycles. The Kier molecular flexibility index (Phi) is 4.06. The number of oxazole rings is 3. The van der Waals surface area contributed by atoms with Crippen molar-refractivity contribution < 1.29 is 13.3 Å². The minimum atomic E-state index is 0.608. The van der Waals surface area contributed by atoms with Crippen LogP contribution in [0.1, 0.15) is 34.4 Å². The van der Waals surface area contributed by atoms with Crippen molar-refractivity contribution >= 4 is 33.3 Å². The highest BCUT2D eigenvalue weighted by Crippen LogP contribution is 2.43. The van der Waals surface area contributed by atoms with Crippen LogP contribution >= 0.6 is 0 Å². The monoisotopic (exact) mass is 437 g/mol. The van der Waals surface area contributed by atoms with E-state index in [2.05, 4.69) is 48.9 Å². The summed E-state index contributed by atoms with van der Waals surface area (Å²) in [6, 6.07) is 10.4. The van der Waals surface area contributed by atoms with E-state index in [9.17, 15) is 0 Å². The zero-order valence-corrected chi connectivity index (χ0v) is 19.5. The maximum atomic E-state index is 6.21. The molecule has 0 saturated heterocycles. The molecule has 6 rings (SSSR count). The van der Waals surface area contributed by atoms with E-state index < -0.39 is 0 Å². The maximum Gasteiger partial charge on any atom is 0.192 e. The first-order chi connectivity index (χ1) is 15.8. The number of fused-ring (bicyclic) bond motifs is 3. The van der Waals surface area contributed by atoms with Gasteiger partial charge in [0.05, 0.1) is 0 Å². The molecule has 3 heterocycles. The summed E-state index contributed by atoms with van der Waals surface area (Å²) in [5.41, 5.74) is 12.0. The fraction of sp³-hybridized carbons (Fsp3) is 0.222. The van der Waals surface area contributed by atoms with Gasteiger partial charge in [0.1, 0.15) is 16.6 Å². The molecule has 33 heavy (non-hydrogen) atoms. The molecule has 0 N–H and O–H groups in total. The molecule has 0 radical (unpaired) electrons. The Morgan fingerprint density at radius 1 is 0.576 bits per heavy atom. The molecule has 0 aliphatic rings. The fourth-order valence-electron chi connectivity index (χ4n) is 4.86. The summed E-state index contributed by atoms with van der Waals surface area (Å²) in [5, 5.41) is 0. The van der Waals surface area contributed by atoms with E-state index in [1.807, 2.05) is 32.9 Å². The minimum Gasteiger partial charge on any atom is -0.441 e. The topological polar surface area (TPSA) is 78.1 Å². The van der Waals surface area contributed by atoms with Gasteiger partial charge in [0.2, 0.25) is 0 Å². The van der Waals surface area contributed by atoms with Gasteiger partial charge in [0.25, 0.3) is 0 Å². The number of nitrogens with zero attached hydrogens (tertiary/aromatic N) is 3. The molecule has 6 aromatic rings. The van der Waals surface area contributed by atoms with Crippen molar-refractivity contribution in [3.8, 4) is 22.3 Å². The van der Waals surface area contributed by atoms with Crippen molar-refractivity contribution in [3.05, 3.63) is 64.7 Å². The summed E-state index contributed by atoms with van der Waals surface area (Å²) in [6.07, 6.45) is 0. The zero-order chi connectivity index (χ0) is 23.0. The molecular weight excluding hydrogens is 414 g/mol. The van der Waals surface area contributed by atoms with Crippen LogP contribution in [0.15, 0.2) is 43.6 Å². The van der Waals surface area contributed by atoms with Crippen molar-refractivity contribution in [2.75, 3.05) is 0 Å². The van der Waals surface area contributed by atoms with E-state index in [-0.39, 0.29) is 0 Å². The number of benzene rings is 3. The van der Waals surface area contributed by atoms with E-state index in [0.717, 1.165) is 72.2 Å². The fourth-order valence-corrected chi connectivity index (χ4v) is 4.86. The van der Waals surface area contributed by atoms with Crippen LogP contribution in [0.3, 0.4) is 0 Å². The standard InChI is InChI=1S/C27H23N3O3/c1-12-9-18(26-20(10-12)28-15(4)32-26)23-14(3)11-19(27-25(23)30-17(6)33-27)22-13(2)7-8-21-24(22)29-16(5)31-21/h7-11H,1-6H3. The van der Waals surface area contributed by atoms with E-state index in [4.69, 9.17) is 18.2 Å². The first-order valence-corrected chi connectivity index (χ1v) is 11.0. The summed E-state index contributed by atoms with van der Waals surface area (Å²) in [6.45, 7) is 11.9. The molecular formula is C27H23N3O3. The number of hydrogen-bond acceptors (Lipinski definition) is 6. The lowest BCUT2D eigenvalue weighted by molar-refractivity contribution is 0.561. The molecule has 0 amide bonds. The molecule has 0 fully saturated rings. The van der Waals surface area contributed by atoms with Gasteiger partial charge in [-0.2, -0.15) is 0 Å². The first-order valence-electron chi connectivity index (χ1n) is 11.0. The van der Waals surface area contributed by atoms with Gasteiger partial charge in [-0.15, -0.1) is 0 Å². The summed E-state index contributed by atoms with van der Waals surface area (Å²) in [4.78, 5) is 14.1. The van der Waals surface area contributed by atoms with Gasteiger partial charge in [-0.3, -0.25) is 0 Å². The van der Waals surface area contributed by atoms with Crippen LogP contribution in [0.4, 0.5) is 0 Å². The predicted molar refractivity (Wildman–Crippen MR) is 128 cm³/mol. The van der Waals surface area contributed by atoms with Crippen molar-refractivity contribution in [1.82, 2.24) is 15.0 Å². The van der Waals surface area contributed by atoms with E-state index in [1.165, 1.54) is 0 Å². The lowest BCUT2D eigenvalue weighted by Crippen LogP contribution is -1.93. The van der Waals surface area contributed by atoms with Gasteiger partial charge in [0, 0.05) is 43.0 Å². The average molecular weight is 437 g/mol. The van der Waals surface area contributed by atoms with Crippen LogP contribution in [0.25, 0.3) is 55.6 Å². The van der Waals surface area contributed by atoms with Crippen LogP contribution < -0.4 is 0 Å². The molecule has 6 heteroatoms. The third kappa shape index (κ3) is 2.90. The van der Waals surface area contributed by atoms with Crippen LogP contribution in [0.5, 0.6) is 0 Å². The highest BCUT2D eigenvalue weighted by molar-refractivity contribution is 6.08. The molecule has 0 bridgehead atoms. The highest BCUT2D eigenvalue weighted by atomic mass is 16.4. The van der Waals surface area contributed by atoms with Crippen LogP contribution in [-0.4, -0.2) is 15.0 Å². The smallest absolute Gasteiger partial charge is 0.192 e. The number of aromatic nitrogens is 3. The largest absolute Gasteiger partial charge is 0.441 e. The van der Waals surface area contributed by atoms with Crippen molar-refractivity contribution in [2.45, 2.75) is 41.5 Å². The summed E-state index contributed by atoms with van der Waals surface area (Å²) < 4.78 is 18.0. The van der Waals surface area contributed by atoms with Gasteiger partial charge in [-0.25, -0.2) is 15.0 Å². The average Bonchev–Trinajstić information content (AvgIpc) is 3.42. The van der Waals surface area contributed by atoms with E-state index >= 15 is 0 Å². The second kappa shape index (κ2) is 6.78. The van der Waals surface area contributed by atoms with E-state index in [1.54, 1.807) is 0 Å². The van der Waals surface area contributed by atoms with Gasteiger partial charge in [-0.05, 0) is 61.7 Å². The second-order valence-electron chi connectivity index (χ2n) is 8.76. The van der Waals surface area contributed by atoms with Gasteiger partial charge >= 0.3 is 0 Å². The molecule has 3 aromatic carbocycles. The second-order valence-corrected chi connectivity index (χ2v) is 8.76. The van der Waals surface area contributed by atoms with E-state index in [0.29, 0.717) is 17.7 Å². The zero-order valence-electron chi connectivity index (χ0n) is 19.5. The van der Waals surface area contributed by atoms with Crippen LogP contribution in [0, 0.1) is 41.5 Å². The van der Waals surface area contributed by atoms with Gasteiger partial charge < -0.3 is 13.3 Å². The third-order valence-electron chi connectivity index (χ3n) is 6.13. The molecule has 3 aromatic heterocycles. The Hall–Kier alpha value is -3.93. The van der Waals surface area contributed by atoms with Gasteiger partial charge in [0.15, 0.2) is 34.4 Å².